The van der Waals surface area contributed by atoms with Gasteiger partial charge in [0.25, 0.3) is 0 Å². The van der Waals surface area contributed by atoms with Crippen molar-refractivity contribution in [1.82, 2.24) is 0 Å². The van der Waals surface area contributed by atoms with Crippen molar-refractivity contribution in [1.29, 1.82) is 0 Å². The smallest absolute Gasteiger partial charge is 0.314 e. The zero-order valence-corrected chi connectivity index (χ0v) is 9.62. The lowest BCUT2D eigenvalue weighted by Gasteiger charge is -2.39. The van der Waals surface area contributed by atoms with Gasteiger partial charge in [0.15, 0.2) is 0 Å². The lowest BCUT2D eigenvalue weighted by atomic mass is 9.64. The lowest BCUT2D eigenvalue weighted by molar-refractivity contribution is -0.147. The van der Waals surface area contributed by atoms with E-state index in [-0.39, 0.29) is 12.3 Å². The van der Waals surface area contributed by atoms with E-state index in [2.05, 4.69) is 5.32 Å². The summed E-state index contributed by atoms with van der Waals surface area (Å²) in [5.74, 6) is -1.63. The normalized spacial score (nSPS) is 19.9. The maximum absolute atomic E-state index is 13.6. The van der Waals surface area contributed by atoms with E-state index in [4.69, 9.17) is 0 Å². The van der Waals surface area contributed by atoms with Crippen LogP contribution < -0.4 is 5.32 Å². The highest BCUT2D eigenvalue weighted by Crippen LogP contribution is 2.48. The fourth-order valence-corrected chi connectivity index (χ4v) is 2.81. The van der Waals surface area contributed by atoms with Gasteiger partial charge >= 0.3 is 5.97 Å². The van der Waals surface area contributed by atoms with Crippen LogP contribution in [0, 0.1) is 5.82 Å². The highest BCUT2D eigenvalue weighted by molar-refractivity contribution is 6.01. The molecule has 18 heavy (non-hydrogen) atoms. The van der Waals surface area contributed by atoms with Crippen molar-refractivity contribution < 1.29 is 19.1 Å². The molecule has 0 bridgehead atoms. The van der Waals surface area contributed by atoms with Crippen LogP contribution in [0.1, 0.15) is 30.4 Å². The summed E-state index contributed by atoms with van der Waals surface area (Å²) in [5.41, 5.74) is 0.456. The maximum Gasteiger partial charge on any atom is 0.314 e. The standard InChI is InChI=1S/C13H12FNO3/c14-8-4-7-5-10(16)15-11(7)9(6-8)13(12(17)18)2-1-3-13/h4,6H,1-3,5H2,(H,15,16)(H,17,18). The van der Waals surface area contributed by atoms with Crippen LogP contribution in [0.5, 0.6) is 0 Å². The van der Waals surface area contributed by atoms with E-state index in [9.17, 15) is 19.1 Å². The molecule has 1 saturated carbocycles. The predicted molar refractivity (Wildman–Crippen MR) is 61.9 cm³/mol. The topological polar surface area (TPSA) is 66.4 Å². The van der Waals surface area contributed by atoms with Gasteiger partial charge in [-0.2, -0.15) is 0 Å². The average molecular weight is 249 g/mol. The van der Waals surface area contributed by atoms with E-state index in [1.54, 1.807) is 0 Å². The summed E-state index contributed by atoms with van der Waals surface area (Å²) in [4.78, 5) is 22.8. The number of halogens is 1. The van der Waals surface area contributed by atoms with Crippen molar-refractivity contribution in [3.05, 3.63) is 29.1 Å². The zero-order chi connectivity index (χ0) is 12.9. The molecule has 0 unspecified atom stereocenters. The van der Waals surface area contributed by atoms with Crippen molar-refractivity contribution >= 4 is 17.6 Å². The third-order valence-corrected chi connectivity index (χ3v) is 3.93. The minimum Gasteiger partial charge on any atom is -0.481 e. The molecule has 1 aliphatic carbocycles. The van der Waals surface area contributed by atoms with Crippen molar-refractivity contribution in [3.8, 4) is 0 Å². The molecule has 2 N–H and O–H groups in total. The molecular weight excluding hydrogens is 237 g/mol. The number of fused-ring (bicyclic) bond motifs is 1. The van der Waals surface area contributed by atoms with Crippen LogP contribution in [0.25, 0.3) is 0 Å². The van der Waals surface area contributed by atoms with E-state index in [1.807, 2.05) is 0 Å². The number of amides is 1. The van der Waals surface area contributed by atoms with Gasteiger partial charge in [-0.15, -0.1) is 0 Å². The van der Waals surface area contributed by atoms with Gasteiger partial charge in [0.2, 0.25) is 5.91 Å². The molecule has 0 radical (unpaired) electrons. The molecule has 94 valence electrons. The molecular formula is C13H12FNO3. The van der Waals surface area contributed by atoms with Crippen LogP contribution in [0.3, 0.4) is 0 Å². The Labute approximate surface area is 103 Å². The monoisotopic (exact) mass is 249 g/mol. The fourth-order valence-electron chi connectivity index (χ4n) is 2.81. The quantitative estimate of drug-likeness (QED) is 0.840. The summed E-state index contributed by atoms with van der Waals surface area (Å²) in [6, 6.07) is 2.54. The minimum absolute atomic E-state index is 0.121. The number of aliphatic carboxylic acids is 1. The van der Waals surface area contributed by atoms with Crippen LogP contribution in [0.15, 0.2) is 12.1 Å². The van der Waals surface area contributed by atoms with Crippen LogP contribution in [0.2, 0.25) is 0 Å². The number of carboxylic acid groups (broad SMARTS) is 1. The number of rotatable bonds is 2. The minimum atomic E-state index is -1.02. The maximum atomic E-state index is 13.6. The van der Waals surface area contributed by atoms with E-state index in [1.165, 1.54) is 12.1 Å². The average Bonchev–Trinajstić information content (AvgIpc) is 2.55. The largest absolute Gasteiger partial charge is 0.481 e. The summed E-state index contributed by atoms with van der Waals surface area (Å²) in [6.45, 7) is 0. The number of anilines is 1. The summed E-state index contributed by atoms with van der Waals surface area (Å²) in [5, 5.41) is 12.0. The van der Waals surface area contributed by atoms with Gasteiger partial charge in [-0.25, -0.2) is 4.39 Å². The number of carbonyl (C=O) groups is 2. The van der Waals surface area contributed by atoms with E-state index >= 15 is 0 Å². The SMILES string of the molecule is O=C1Cc2cc(F)cc(C3(C(=O)O)CCC3)c2N1. The molecule has 1 aromatic carbocycles. The molecule has 1 aliphatic heterocycles. The molecule has 5 heteroatoms. The Morgan fingerprint density at radius 2 is 2.11 bits per heavy atom. The van der Waals surface area contributed by atoms with Crippen LogP contribution >= 0.6 is 0 Å². The highest BCUT2D eigenvalue weighted by atomic mass is 19.1. The van der Waals surface area contributed by atoms with Crippen LogP contribution in [-0.4, -0.2) is 17.0 Å². The Hall–Kier alpha value is -1.91. The first-order valence-corrected chi connectivity index (χ1v) is 5.89. The summed E-state index contributed by atoms with van der Waals surface area (Å²) >= 11 is 0. The molecule has 0 spiro atoms. The number of hydrogen-bond acceptors (Lipinski definition) is 2. The van der Waals surface area contributed by atoms with Gasteiger partial charge in [-0.1, -0.05) is 6.42 Å². The number of hydrogen-bond donors (Lipinski definition) is 2. The van der Waals surface area contributed by atoms with E-state index in [0.717, 1.165) is 6.42 Å². The van der Waals surface area contributed by atoms with Crippen molar-refractivity contribution in [2.24, 2.45) is 0 Å². The zero-order valence-electron chi connectivity index (χ0n) is 9.62. The Kier molecular flexibility index (Phi) is 2.20. The van der Waals surface area contributed by atoms with Crippen molar-refractivity contribution in [2.45, 2.75) is 31.1 Å². The van der Waals surface area contributed by atoms with Gasteiger partial charge in [0.05, 0.1) is 11.8 Å². The number of carbonyl (C=O) groups excluding carboxylic acids is 1. The number of benzene rings is 1. The molecule has 0 saturated heterocycles. The molecule has 0 atom stereocenters. The summed E-state index contributed by atoms with van der Waals surface area (Å²) < 4.78 is 13.6. The van der Waals surface area contributed by atoms with Gasteiger partial charge in [-0.3, -0.25) is 9.59 Å². The van der Waals surface area contributed by atoms with Gasteiger partial charge < -0.3 is 10.4 Å². The second kappa shape index (κ2) is 3.54. The number of nitrogens with one attached hydrogen (secondary N) is 1. The predicted octanol–water partition coefficient (Wildman–Crippen LogP) is 1.83. The van der Waals surface area contributed by atoms with Gasteiger partial charge in [0.1, 0.15) is 5.82 Å². The van der Waals surface area contributed by atoms with Crippen molar-refractivity contribution in [2.75, 3.05) is 5.32 Å². The first-order valence-electron chi connectivity index (χ1n) is 5.89. The Balaban J connectivity index is 2.18. The Morgan fingerprint density at radius 1 is 1.39 bits per heavy atom. The second-order valence-corrected chi connectivity index (χ2v) is 4.95. The Morgan fingerprint density at radius 3 is 2.67 bits per heavy atom. The van der Waals surface area contributed by atoms with E-state index in [0.29, 0.717) is 29.7 Å². The van der Waals surface area contributed by atoms with Crippen molar-refractivity contribution in [3.63, 3.8) is 0 Å². The van der Waals surface area contributed by atoms with E-state index < -0.39 is 17.2 Å². The van der Waals surface area contributed by atoms with Crippen LogP contribution in [0.4, 0.5) is 10.1 Å². The molecule has 1 amide bonds. The number of carboxylic acids is 1. The first-order chi connectivity index (χ1) is 8.53. The molecule has 3 rings (SSSR count). The fraction of sp³-hybridized carbons (Fsp3) is 0.385. The third kappa shape index (κ3) is 1.36. The molecule has 2 aliphatic rings. The third-order valence-electron chi connectivity index (χ3n) is 3.93. The molecule has 1 aromatic rings. The Bertz CT molecular complexity index is 564. The molecule has 1 heterocycles. The van der Waals surface area contributed by atoms with Gasteiger partial charge in [-0.05, 0) is 36.1 Å². The summed E-state index contributed by atoms with van der Waals surface area (Å²) in [7, 11) is 0. The molecule has 1 fully saturated rings. The lowest BCUT2D eigenvalue weighted by Crippen LogP contribution is -2.42. The molecule has 0 aromatic heterocycles. The van der Waals surface area contributed by atoms with Gasteiger partial charge in [0, 0.05) is 5.69 Å². The molecule has 4 nitrogen and oxygen atoms in total. The van der Waals surface area contributed by atoms with Crippen LogP contribution in [-0.2, 0) is 21.4 Å². The summed E-state index contributed by atoms with van der Waals surface area (Å²) in [6.07, 6.45) is 1.92. The second-order valence-electron chi connectivity index (χ2n) is 4.95. The highest BCUT2D eigenvalue weighted by Gasteiger charge is 2.48. The first kappa shape index (κ1) is 11.2.